The molecular weight excluding hydrogens is 377 g/mol. The van der Waals surface area contributed by atoms with Crippen LogP contribution in [-0.4, -0.2) is 22.0 Å². The van der Waals surface area contributed by atoms with Gasteiger partial charge in [-0.1, -0.05) is 48.0 Å². The molecule has 0 unspecified atom stereocenters. The minimum absolute atomic E-state index is 0.0742. The van der Waals surface area contributed by atoms with Crippen molar-refractivity contribution in [3.8, 4) is 0 Å². The van der Waals surface area contributed by atoms with E-state index >= 15 is 0 Å². The van der Waals surface area contributed by atoms with Crippen LogP contribution in [0.5, 0.6) is 0 Å². The number of nitrogens with zero attached hydrogens (tertiary/aromatic N) is 2. The number of benzene rings is 3. The van der Waals surface area contributed by atoms with E-state index < -0.39 is 0 Å². The van der Waals surface area contributed by atoms with E-state index in [1.54, 1.807) is 12.1 Å². The van der Waals surface area contributed by atoms with Crippen LogP contribution in [0.2, 0.25) is 0 Å². The van der Waals surface area contributed by atoms with Gasteiger partial charge in [0.2, 0.25) is 0 Å². The largest absolute Gasteiger partial charge is 0.352 e. The molecule has 0 saturated heterocycles. The molecule has 3 aromatic carbocycles. The first-order valence-electron chi connectivity index (χ1n) is 10.1. The van der Waals surface area contributed by atoms with Crippen molar-refractivity contribution in [2.24, 2.45) is 0 Å². The van der Waals surface area contributed by atoms with Crippen molar-refractivity contribution in [3.05, 3.63) is 101 Å². The van der Waals surface area contributed by atoms with Crippen LogP contribution in [0, 0.1) is 12.7 Å². The van der Waals surface area contributed by atoms with Gasteiger partial charge in [0, 0.05) is 24.1 Å². The summed E-state index contributed by atoms with van der Waals surface area (Å²) >= 11 is 0. The molecule has 1 heterocycles. The Morgan fingerprint density at radius 2 is 1.73 bits per heavy atom. The quantitative estimate of drug-likeness (QED) is 0.448. The zero-order valence-electron chi connectivity index (χ0n) is 16.9. The van der Waals surface area contributed by atoms with Crippen molar-refractivity contribution in [2.75, 3.05) is 6.54 Å². The van der Waals surface area contributed by atoms with Crippen molar-refractivity contribution in [1.29, 1.82) is 0 Å². The Morgan fingerprint density at radius 1 is 1.00 bits per heavy atom. The van der Waals surface area contributed by atoms with E-state index in [1.165, 1.54) is 6.07 Å². The zero-order valence-corrected chi connectivity index (χ0v) is 16.9. The molecule has 1 aromatic heterocycles. The summed E-state index contributed by atoms with van der Waals surface area (Å²) in [7, 11) is 0. The smallest absolute Gasteiger partial charge is 0.251 e. The van der Waals surface area contributed by atoms with Crippen LogP contribution in [-0.2, 0) is 13.0 Å². The lowest BCUT2D eigenvalue weighted by atomic mass is 10.1. The lowest BCUT2D eigenvalue weighted by molar-refractivity contribution is 0.0953. The van der Waals surface area contributed by atoms with Crippen LogP contribution >= 0.6 is 0 Å². The standard InChI is InChI=1S/C25H24FN3O/c1-18-12-14-19(15-13-18)25(30)27-16-6-11-24-28-22-9-4-5-10-23(22)29(24)17-20-7-2-3-8-21(20)26/h2-5,7-10,12-15H,6,11,16-17H2,1H3,(H,27,30). The first kappa shape index (κ1) is 19.8. The molecule has 0 radical (unpaired) electrons. The summed E-state index contributed by atoms with van der Waals surface area (Å²) in [5.74, 6) is 0.602. The monoisotopic (exact) mass is 401 g/mol. The summed E-state index contributed by atoms with van der Waals surface area (Å²) in [5.41, 5.74) is 4.30. The fraction of sp³-hybridized carbons (Fsp3) is 0.200. The number of aryl methyl sites for hydroxylation is 2. The first-order chi connectivity index (χ1) is 14.6. The number of nitrogens with one attached hydrogen (secondary N) is 1. The van der Waals surface area contributed by atoms with Gasteiger partial charge >= 0.3 is 0 Å². The van der Waals surface area contributed by atoms with Crippen molar-refractivity contribution >= 4 is 16.9 Å². The number of fused-ring (bicyclic) bond motifs is 1. The molecule has 0 saturated carbocycles. The van der Waals surface area contributed by atoms with E-state index in [0.29, 0.717) is 30.6 Å². The topological polar surface area (TPSA) is 46.9 Å². The summed E-state index contributed by atoms with van der Waals surface area (Å²) in [6, 6.07) is 22.2. The van der Waals surface area contributed by atoms with E-state index in [2.05, 4.69) is 9.88 Å². The normalized spacial score (nSPS) is 11.0. The zero-order chi connectivity index (χ0) is 20.9. The molecule has 0 bridgehead atoms. The van der Waals surface area contributed by atoms with Crippen LogP contribution < -0.4 is 5.32 Å². The highest BCUT2D eigenvalue weighted by molar-refractivity contribution is 5.94. The van der Waals surface area contributed by atoms with E-state index in [-0.39, 0.29) is 11.7 Å². The Balaban J connectivity index is 1.45. The third kappa shape index (κ3) is 4.40. The van der Waals surface area contributed by atoms with Gasteiger partial charge in [-0.05, 0) is 43.7 Å². The average molecular weight is 401 g/mol. The molecule has 30 heavy (non-hydrogen) atoms. The van der Waals surface area contributed by atoms with Crippen molar-refractivity contribution in [2.45, 2.75) is 26.3 Å². The molecule has 0 fully saturated rings. The van der Waals surface area contributed by atoms with Crippen LogP contribution in [0.25, 0.3) is 11.0 Å². The minimum Gasteiger partial charge on any atom is -0.352 e. The summed E-state index contributed by atoms with van der Waals surface area (Å²) < 4.78 is 16.3. The van der Waals surface area contributed by atoms with Gasteiger partial charge in [-0.3, -0.25) is 4.79 Å². The number of hydrogen-bond donors (Lipinski definition) is 1. The van der Waals surface area contributed by atoms with Crippen LogP contribution in [0.3, 0.4) is 0 Å². The number of carbonyl (C=O) groups excluding carboxylic acids is 1. The molecule has 1 N–H and O–H groups in total. The highest BCUT2D eigenvalue weighted by Gasteiger charge is 2.13. The molecule has 5 heteroatoms. The molecule has 4 nitrogen and oxygen atoms in total. The number of rotatable bonds is 7. The molecular formula is C25H24FN3O. The molecule has 4 rings (SSSR count). The van der Waals surface area contributed by atoms with Crippen LogP contribution in [0.4, 0.5) is 4.39 Å². The summed E-state index contributed by atoms with van der Waals surface area (Å²) in [6.45, 7) is 2.98. The SMILES string of the molecule is Cc1ccc(C(=O)NCCCc2nc3ccccc3n2Cc2ccccc2F)cc1. The van der Waals surface area contributed by atoms with Gasteiger partial charge in [-0.2, -0.15) is 0 Å². The minimum atomic E-state index is -0.216. The fourth-order valence-corrected chi connectivity index (χ4v) is 3.55. The van der Waals surface area contributed by atoms with Crippen molar-refractivity contribution in [3.63, 3.8) is 0 Å². The lowest BCUT2D eigenvalue weighted by Crippen LogP contribution is -2.25. The number of halogens is 1. The maximum absolute atomic E-state index is 14.2. The molecule has 0 aliphatic rings. The van der Waals surface area contributed by atoms with Gasteiger partial charge in [0.1, 0.15) is 11.6 Å². The predicted octanol–water partition coefficient (Wildman–Crippen LogP) is 4.89. The second-order valence-corrected chi connectivity index (χ2v) is 7.42. The van der Waals surface area contributed by atoms with Gasteiger partial charge in [0.25, 0.3) is 5.91 Å². The first-order valence-corrected chi connectivity index (χ1v) is 10.1. The molecule has 0 spiro atoms. The summed E-state index contributed by atoms with van der Waals surface area (Å²) in [6.07, 6.45) is 1.44. The Kier molecular flexibility index (Phi) is 5.89. The van der Waals surface area contributed by atoms with Crippen molar-refractivity contribution in [1.82, 2.24) is 14.9 Å². The molecule has 1 amide bonds. The Hall–Kier alpha value is -3.47. The van der Waals surface area contributed by atoms with E-state index in [1.807, 2.05) is 61.5 Å². The number of imidazole rings is 1. The molecule has 152 valence electrons. The van der Waals surface area contributed by atoms with E-state index in [0.717, 1.165) is 28.8 Å². The highest BCUT2D eigenvalue weighted by atomic mass is 19.1. The number of para-hydroxylation sites is 2. The predicted molar refractivity (Wildman–Crippen MR) is 117 cm³/mol. The Bertz CT molecular complexity index is 1160. The highest BCUT2D eigenvalue weighted by Crippen LogP contribution is 2.20. The fourth-order valence-electron chi connectivity index (χ4n) is 3.55. The number of hydrogen-bond acceptors (Lipinski definition) is 2. The van der Waals surface area contributed by atoms with Crippen molar-refractivity contribution < 1.29 is 9.18 Å². The second kappa shape index (κ2) is 8.91. The molecule has 0 aliphatic carbocycles. The van der Waals surface area contributed by atoms with E-state index in [9.17, 15) is 9.18 Å². The van der Waals surface area contributed by atoms with Gasteiger partial charge < -0.3 is 9.88 Å². The summed E-state index contributed by atoms with van der Waals surface area (Å²) in [4.78, 5) is 17.0. The maximum Gasteiger partial charge on any atom is 0.251 e. The Labute approximate surface area is 175 Å². The van der Waals surface area contributed by atoms with Gasteiger partial charge in [0.15, 0.2) is 0 Å². The summed E-state index contributed by atoms with van der Waals surface area (Å²) in [5, 5.41) is 2.96. The number of amides is 1. The lowest BCUT2D eigenvalue weighted by Gasteiger charge is -2.11. The van der Waals surface area contributed by atoms with Gasteiger partial charge in [-0.25, -0.2) is 9.37 Å². The maximum atomic E-state index is 14.2. The Morgan fingerprint density at radius 3 is 2.53 bits per heavy atom. The van der Waals surface area contributed by atoms with Gasteiger partial charge in [-0.15, -0.1) is 0 Å². The van der Waals surface area contributed by atoms with Crippen LogP contribution in [0.15, 0.2) is 72.8 Å². The second-order valence-electron chi connectivity index (χ2n) is 7.42. The third-order valence-corrected chi connectivity index (χ3v) is 5.20. The third-order valence-electron chi connectivity index (χ3n) is 5.20. The van der Waals surface area contributed by atoms with Gasteiger partial charge in [0.05, 0.1) is 17.6 Å². The van der Waals surface area contributed by atoms with E-state index in [4.69, 9.17) is 4.98 Å². The average Bonchev–Trinajstić information content (AvgIpc) is 3.10. The molecule has 0 atom stereocenters. The number of aromatic nitrogens is 2. The molecule has 4 aromatic rings. The molecule has 0 aliphatic heterocycles. The van der Waals surface area contributed by atoms with Crippen LogP contribution in [0.1, 0.15) is 33.7 Å². The number of carbonyl (C=O) groups is 1.